The second-order valence-electron chi connectivity index (χ2n) is 5.85. The Morgan fingerprint density at radius 3 is 2.52 bits per heavy atom. The fourth-order valence-corrected chi connectivity index (χ4v) is 2.16. The molecular weight excluding hydrogens is 318 g/mol. The first-order valence-corrected chi connectivity index (χ1v) is 8.35. The summed E-state index contributed by atoms with van der Waals surface area (Å²) in [6.45, 7) is 5.42. The largest absolute Gasteiger partial charge is 0.491 e. The maximum atomic E-state index is 12.3. The van der Waals surface area contributed by atoms with E-state index in [1.165, 1.54) is 0 Å². The Morgan fingerprint density at radius 1 is 1.16 bits per heavy atom. The number of ether oxygens (including phenoxy) is 2. The number of nitrogens with zero attached hydrogens (tertiary/aromatic N) is 1. The molecule has 0 aliphatic rings. The van der Waals surface area contributed by atoms with Crippen LogP contribution in [0.25, 0.3) is 0 Å². The Labute approximate surface area is 148 Å². The lowest BCUT2D eigenvalue weighted by Gasteiger charge is -2.11. The van der Waals surface area contributed by atoms with Crippen LogP contribution in [0.4, 0.5) is 11.5 Å². The Morgan fingerprint density at radius 2 is 1.92 bits per heavy atom. The van der Waals surface area contributed by atoms with Crippen LogP contribution in [-0.4, -0.2) is 37.3 Å². The minimum atomic E-state index is -0.198. The van der Waals surface area contributed by atoms with Gasteiger partial charge in [-0.2, -0.15) is 0 Å². The lowest BCUT2D eigenvalue weighted by atomic mass is 10.2. The fourth-order valence-electron chi connectivity index (χ4n) is 2.16. The van der Waals surface area contributed by atoms with E-state index in [0.29, 0.717) is 17.9 Å². The van der Waals surface area contributed by atoms with Gasteiger partial charge >= 0.3 is 0 Å². The Balaban J connectivity index is 1.87. The van der Waals surface area contributed by atoms with Crippen LogP contribution in [0.1, 0.15) is 30.6 Å². The van der Waals surface area contributed by atoms with Gasteiger partial charge in [-0.25, -0.2) is 4.98 Å². The van der Waals surface area contributed by atoms with Crippen molar-refractivity contribution in [1.82, 2.24) is 4.98 Å². The summed E-state index contributed by atoms with van der Waals surface area (Å²) in [5, 5.41) is 6.03. The van der Waals surface area contributed by atoms with Crippen molar-refractivity contribution in [2.75, 3.05) is 30.9 Å². The predicted molar refractivity (Wildman–Crippen MR) is 99.4 cm³/mol. The first kappa shape index (κ1) is 18.7. The first-order valence-electron chi connectivity index (χ1n) is 8.35. The standard InChI is InChI=1S/C19H25N3O3/c1-14(2)25-17-8-6-16(7-9-17)22-19(23)15-5-10-18(21-13-15)20-11-4-12-24-3/h5-10,13-14H,4,11-12H2,1-3H3,(H,20,21)(H,22,23). The molecule has 25 heavy (non-hydrogen) atoms. The van der Waals surface area contributed by atoms with Gasteiger partial charge in [0.05, 0.1) is 11.7 Å². The molecule has 0 saturated carbocycles. The highest BCUT2D eigenvalue weighted by Gasteiger charge is 2.07. The van der Waals surface area contributed by atoms with E-state index in [2.05, 4.69) is 15.6 Å². The van der Waals surface area contributed by atoms with Crippen LogP contribution < -0.4 is 15.4 Å². The molecule has 1 amide bonds. The average molecular weight is 343 g/mol. The smallest absolute Gasteiger partial charge is 0.257 e. The van der Waals surface area contributed by atoms with Crippen molar-refractivity contribution < 1.29 is 14.3 Å². The maximum Gasteiger partial charge on any atom is 0.257 e. The lowest BCUT2D eigenvalue weighted by Crippen LogP contribution is -2.13. The summed E-state index contributed by atoms with van der Waals surface area (Å²) >= 11 is 0. The SMILES string of the molecule is COCCCNc1ccc(C(=O)Nc2ccc(OC(C)C)cc2)cn1. The van der Waals surface area contributed by atoms with Crippen LogP contribution in [-0.2, 0) is 4.74 Å². The molecule has 0 spiro atoms. The summed E-state index contributed by atoms with van der Waals surface area (Å²) < 4.78 is 10.6. The fraction of sp³-hybridized carbons (Fsp3) is 0.368. The minimum Gasteiger partial charge on any atom is -0.491 e. The van der Waals surface area contributed by atoms with Crippen molar-refractivity contribution >= 4 is 17.4 Å². The number of carbonyl (C=O) groups excluding carboxylic acids is 1. The van der Waals surface area contributed by atoms with Gasteiger partial charge in [0.2, 0.25) is 0 Å². The second kappa shape index (κ2) is 9.64. The molecule has 0 fully saturated rings. The topological polar surface area (TPSA) is 72.5 Å². The summed E-state index contributed by atoms with van der Waals surface area (Å²) in [4.78, 5) is 16.5. The van der Waals surface area contributed by atoms with Gasteiger partial charge in [-0.3, -0.25) is 4.79 Å². The van der Waals surface area contributed by atoms with Crippen molar-refractivity contribution in [3.63, 3.8) is 0 Å². The van der Waals surface area contributed by atoms with E-state index in [1.54, 1.807) is 25.4 Å². The molecule has 0 aliphatic carbocycles. The van der Waals surface area contributed by atoms with Crippen molar-refractivity contribution in [2.45, 2.75) is 26.4 Å². The molecule has 1 heterocycles. The van der Waals surface area contributed by atoms with Gasteiger partial charge in [0.15, 0.2) is 0 Å². The minimum absolute atomic E-state index is 0.119. The van der Waals surface area contributed by atoms with Crippen molar-refractivity contribution in [3.05, 3.63) is 48.2 Å². The summed E-state index contributed by atoms with van der Waals surface area (Å²) in [6.07, 6.45) is 2.58. The molecule has 0 bridgehead atoms. The number of methoxy groups -OCH3 is 1. The van der Waals surface area contributed by atoms with Crippen molar-refractivity contribution in [2.24, 2.45) is 0 Å². The predicted octanol–water partition coefficient (Wildman–Crippen LogP) is 3.57. The van der Waals surface area contributed by atoms with Crippen LogP contribution in [0.2, 0.25) is 0 Å². The second-order valence-corrected chi connectivity index (χ2v) is 5.85. The zero-order valence-electron chi connectivity index (χ0n) is 14.9. The first-order chi connectivity index (χ1) is 12.1. The van der Waals surface area contributed by atoms with Crippen LogP contribution in [0.5, 0.6) is 5.75 Å². The van der Waals surface area contributed by atoms with E-state index in [-0.39, 0.29) is 12.0 Å². The molecule has 0 atom stereocenters. The molecule has 6 heteroatoms. The summed E-state index contributed by atoms with van der Waals surface area (Å²) in [5.41, 5.74) is 1.22. The molecule has 1 aromatic carbocycles. The number of nitrogens with one attached hydrogen (secondary N) is 2. The number of pyridine rings is 1. The third-order valence-electron chi connectivity index (χ3n) is 3.34. The Hall–Kier alpha value is -2.60. The van der Waals surface area contributed by atoms with Crippen LogP contribution in [0.15, 0.2) is 42.6 Å². The maximum absolute atomic E-state index is 12.3. The molecule has 0 aliphatic heterocycles. The molecule has 0 radical (unpaired) electrons. The number of hydrogen-bond donors (Lipinski definition) is 2. The summed E-state index contributed by atoms with van der Waals surface area (Å²) in [7, 11) is 1.68. The normalized spacial score (nSPS) is 10.6. The van der Waals surface area contributed by atoms with Crippen LogP contribution in [0.3, 0.4) is 0 Å². The number of anilines is 2. The highest BCUT2D eigenvalue weighted by molar-refractivity contribution is 6.04. The van der Waals surface area contributed by atoms with Gasteiger partial charge < -0.3 is 20.1 Å². The highest BCUT2D eigenvalue weighted by Crippen LogP contribution is 2.17. The van der Waals surface area contributed by atoms with Crippen molar-refractivity contribution in [3.8, 4) is 5.75 Å². The van der Waals surface area contributed by atoms with Gasteiger partial charge in [-0.1, -0.05) is 0 Å². The van der Waals surface area contributed by atoms with E-state index in [4.69, 9.17) is 9.47 Å². The number of amides is 1. The molecule has 2 rings (SSSR count). The quantitative estimate of drug-likeness (QED) is 0.681. The Kier molecular flexibility index (Phi) is 7.22. The molecular formula is C19H25N3O3. The molecule has 134 valence electrons. The summed E-state index contributed by atoms with van der Waals surface area (Å²) in [5.74, 6) is 1.32. The van der Waals surface area contributed by atoms with Gasteiger partial charge in [0.25, 0.3) is 5.91 Å². The zero-order chi connectivity index (χ0) is 18.1. The number of carbonyl (C=O) groups is 1. The molecule has 2 N–H and O–H groups in total. The number of hydrogen-bond acceptors (Lipinski definition) is 5. The Bertz CT molecular complexity index is 655. The molecule has 0 unspecified atom stereocenters. The molecule has 1 aromatic heterocycles. The van der Waals surface area contributed by atoms with Gasteiger partial charge in [-0.15, -0.1) is 0 Å². The van der Waals surface area contributed by atoms with E-state index < -0.39 is 0 Å². The van der Waals surface area contributed by atoms with Crippen LogP contribution >= 0.6 is 0 Å². The third-order valence-corrected chi connectivity index (χ3v) is 3.34. The zero-order valence-corrected chi connectivity index (χ0v) is 14.9. The molecule has 0 saturated heterocycles. The average Bonchev–Trinajstić information content (AvgIpc) is 2.60. The third kappa shape index (κ3) is 6.43. The van der Waals surface area contributed by atoms with Gasteiger partial charge in [0, 0.05) is 32.1 Å². The van der Waals surface area contributed by atoms with E-state index >= 15 is 0 Å². The molecule has 2 aromatic rings. The van der Waals surface area contributed by atoms with Crippen molar-refractivity contribution in [1.29, 1.82) is 0 Å². The number of rotatable bonds is 9. The monoisotopic (exact) mass is 343 g/mol. The number of benzene rings is 1. The van der Waals surface area contributed by atoms with E-state index in [9.17, 15) is 4.79 Å². The van der Waals surface area contributed by atoms with E-state index in [0.717, 1.165) is 24.5 Å². The number of aromatic nitrogens is 1. The lowest BCUT2D eigenvalue weighted by molar-refractivity contribution is 0.102. The van der Waals surface area contributed by atoms with Crippen LogP contribution in [0, 0.1) is 0 Å². The summed E-state index contributed by atoms with van der Waals surface area (Å²) in [6, 6.07) is 10.8. The highest BCUT2D eigenvalue weighted by atomic mass is 16.5. The van der Waals surface area contributed by atoms with Gasteiger partial charge in [-0.05, 0) is 56.7 Å². The molecule has 6 nitrogen and oxygen atoms in total. The van der Waals surface area contributed by atoms with E-state index in [1.807, 2.05) is 38.1 Å². The van der Waals surface area contributed by atoms with Gasteiger partial charge in [0.1, 0.15) is 11.6 Å².